The Labute approximate surface area is 265 Å². The van der Waals surface area contributed by atoms with Crippen molar-refractivity contribution in [2.75, 3.05) is 39.4 Å². The van der Waals surface area contributed by atoms with Crippen molar-refractivity contribution < 1.29 is 28.8 Å². The van der Waals surface area contributed by atoms with Gasteiger partial charge in [-0.2, -0.15) is 0 Å². The zero-order chi connectivity index (χ0) is 31.2. The Bertz CT molecular complexity index is 1400. The lowest BCUT2D eigenvalue weighted by Gasteiger charge is -2.44. The van der Waals surface area contributed by atoms with E-state index < -0.39 is 12.1 Å². The topological polar surface area (TPSA) is 102 Å². The first-order chi connectivity index (χ1) is 22.0. The fraction of sp³-hybridized carbons (Fsp3) is 0.472. The predicted octanol–water partition coefficient (Wildman–Crippen LogP) is 5.30. The Morgan fingerprint density at radius 2 is 1.60 bits per heavy atom. The second-order valence-corrected chi connectivity index (χ2v) is 12.2. The van der Waals surface area contributed by atoms with Crippen molar-refractivity contribution in [1.82, 2.24) is 15.5 Å². The molecule has 3 aromatic rings. The molecule has 3 heterocycles. The Balaban J connectivity index is 1.20. The second-order valence-electron chi connectivity index (χ2n) is 12.2. The number of carbonyl (C=O) groups is 1. The lowest BCUT2D eigenvalue weighted by Crippen LogP contribution is -2.50. The van der Waals surface area contributed by atoms with Crippen molar-refractivity contribution >= 4 is 6.03 Å². The number of piperidine rings is 1. The van der Waals surface area contributed by atoms with Crippen LogP contribution >= 0.6 is 0 Å². The van der Waals surface area contributed by atoms with Gasteiger partial charge in [0.05, 0.1) is 32.0 Å². The number of rotatable bonds is 9. The van der Waals surface area contributed by atoms with Crippen LogP contribution in [0.25, 0.3) is 11.1 Å². The monoisotopic (exact) mass is 615 g/mol. The number of hydrogen-bond acceptors (Lipinski definition) is 7. The van der Waals surface area contributed by atoms with Gasteiger partial charge in [-0.25, -0.2) is 4.79 Å². The first-order valence-electron chi connectivity index (χ1n) is 16.2. The van der Waals surface area contributed by atoms with Crippen LogP contribution < -0.4 is 10.6 Å². The molecule has 240 valence electrons. The Morgan fingerprint density at radius 3 is 2.29 bits per heavy atom. The third-order valence-electron chi connectivity index (χ3n) is 9.28. The van der Waals surface area contributed by atoms with Crippen LogP contribution in [0, 0.1) is 5.92 Å². The predicted molar refractivity (Wildman–Crippen MR) is 171 cm³/mol. The second kappa shape index (κ2) is 14.4. The number of urea groups is 1. The van der Waals surface area contributed by atoms with Gasteiger partial charge in [-0.3, -0.25) is 0 Å². The van der Waals surface area contributed by atoms with E-state index in [4.69, 9.17) is 18.9 Å². The third-order valence-corrected chi connectivity index (χ3v) is 9.28. The van der Waals surface area contributed by atoms with Crippen LogP contribution in [0.2, 0.25) is 0 Å². The average Bonchev–Trinajstić information content (AvgIpc) is 3.54. The van der Waals surface area contributed by atoms with Crippen molar-refractivity contribution in [3.8, 4) is 11.1 Å². The molecule has 3 fully saturated rings. The zero-order valence-electron chi connectivity index (χ0n) is 26.2. The maximum Gasteiger partial charge on any atom is 0.315 e. The average molecular weight is 616 g/mol. The highest BCUT2D eigenvalue weighted by Crippen LogP contribution is 2.43. The lowest BCUT2D eigenvalue weighted by atomic mass is 9.89. The fourth-order valence-corrected chi connectivity index (χ4v) is 6.62. The molecule has 45 heavy (non-hydrogen) atoms. The smallest absolute Gasteiger partial charge is 0.315 e. The molecule has 0 aliphatic carbocycles. The number of nitrogens with one attached hydrogen (secondary N) is 2. The Kier molecular flexibility index (Phi) is 10.1. The van der Waals surface area contributed by atoms with Crippen LogP contribution in [0.1, 0.15) is 61.3 Å². The summed E-state index contributed by atoms with van der Waals surface area (Å²) in [6.45, 7) is 9.08. The molecule has 4 atom stereocenters. The highest BCUT2D eigenvalue weighted by molar-refractivity contribution is 5.74. The maximum atomic E-state index is 12.0. The molecule has 0 bridgehead atoms. The van der Waals surface area contributed by atoms with Gasteiger partial charge in [0.2, 0.25) is 0 Å². The lowest BCUT2D eigenvalue weighted by molar-refractivity contribution is -0.278. The molecular formula is C36H45N3O6. The van der Waals surface area contributed by atoms with E-state index in [0.717, 1.165) is 65.9 Å². The molecule has 3 N–H and O–H groups in total. The largest absolute Gasteiger partial charge is 0.392 e. The van der Waals surface area contributed by atoms with Crippen molar-refractivity contribution in [2.45, 2.75) is 64.1 Å². The van der Waals surface area contributed by atoms with Crippen molar-refractivity contribution in [1.29, 1.82) is 0 Å². The normalized spacial score (nSPS) is 24.9. The molecular weight excluding hydrogens is 570 g/mol. The number of aliphatic hydroxyl groups excluding tert-OH is 1. The molecule has 0 unspecified atom stereocenters. The minimum Gasteiger partial charge on any atom is -0.392 e. The molecule has 6 rings (SSSR count). The van der Waals surface area contributed by atoms with Crippen molar-refractivity contribution in [3.05, 3.63) is 95.1 Å². The van der Waals surface area contributed by atoms with Gasteiger partial charge in [0.15, 0.2) is 12.1 Å². The summed E-state index contributed by atoms with van der Waals surface area (Å²) in [7, 11) is 0. The molecule has 0 aromatic heterocycles. The summed E-state index contributed by atoms with van der Waals surface area (Å²) in [4.78, 5) is 14.5. The molecule has 2 amide bonds. The van der Waals surface area contributed by atoms with Crippen LogP contribution in [-0.4, -0.2) is 67.3 Å². The highest BCUT2D eigenvalue weighted by Gasteiger charge is 2.43. The molecule has 3 aliphatic heterocycles. The van der Waals surface area contributed by atoms with Crippen LogP contribution in [-0.2, 0) is 32.1 Å². The van der Waals surface area contributed by atoms with E-state index in [2.05, 4.69) is 64.9 Å². The van der Waals surface area contributed by atoms with Gasteiger partial charge < -0.3 is 39.6 Å². The van der Waals surface area contributed by atoms with Gasteiger partial charge in [-0.1, -0.05) is 79.7 Å². The molecule has 3 aromatic carbocycles. The molecule has 3 saturated heterocycles. The summed E-state index contributed by atoms with van der Waals surface area (Å²) >= 11 is 0. The van der Waals surface area contributed by atoms with E-state index in [9.17, 15) is 9.90 Å². The number of ether oxygens (including phenoxy) is 4. The summed E-state index contributed by atoms with van der Waals surface area (Å²) < 4.78 is 25.3. The summed E-state index contributed by atoms with van der Waals surface area (Å²) in [5.74, 6) is -0.295. The first-order valence-corrected chi connectivity index (χ1v) is 16.2. The molecule has 9 nitrogen and oxygen atoms in total. The number of carbonyl (C=O) groups excluding carboxylic acids is 1. The van der Waals surface area contributed by atoms with E-state index in [1.807, 2.05) is 37.3 Å². The van der Waals surface area contributed by atoms with Gasteiger partial charge in [0.25, 0.3) is 0 Å². The fourth-order valence-electron chi connectivity index (χ4n) is 6.62. The number of likely N-dealkylation sites (tertiary alicyclic amines) is 1. The number of nitrogens with zero attached hydrogens (tertiary/aromatic N) is 1. The van der Waals surface area contributed by atoms with Crippen molar-refractivity contribution in [3.63, 3.8) is 0 Å². The van der Waals surface area contributed by atoms with E-state index in [-0.39, 0.29) is 30.8 Å². The number of aliphatic hydroxyl groups is 1. The van der Waals surface area contributed by atoms with E-state index >= 15 is 0 Å². The van der Waals surface area contributed by atoms with Gasteiger partial charge in [-0.05, 0) is 34.7 Å². The van der Waals surface area contributed by atoms with Gasteiger partial charge in [0, 0.05) is 57.0 Å². The molecule has 9 heteroatoms. The summed E-state index contributed by atoms with van der Waals surface area (Å²) in [6.07, 6.45) is 0.977. The molecule has 0 radical (unpaired) electrons. The van der Waals surface area contributed by atoms with Gasteiger partial charge in [0.1, 0.15) is 0 Å². The number of hydrogen-bond donors (Lipinski definition) is 3. The zero-order valence-corrected chi connectivity index (χ0v) is 26.2. The quantitative estimate of drug-likeness (QED) is 0.301. The van der Waals surface area contributed by atoms with Crippen LogP contribution in [0.4, 0.5) is 4.79 Å². The SMILES string of the molecule is CCNC(=O)NCc1ccccc1-c1ccc([C@@H]2O[C@H](CN3CCC4(CC3)OCCO4)[C@H](C)[C@H](c3ccc(CO)cc3)O2)cc1. The van der Waals surface area contributed by atoms with E-state index in [1.54, 1.807) is 0 Å². The third kappa shape index (κ3) is 7.41. The number of benzene rings is 3. The van der Waals surface area contributed by atoms with Gasteiger partial charge in [-0.15, -0.1) is 0 Å². The van der Waals surface area contributed by atoms with Crippen molar-refractivity contribution in [2.24, 2.45) is 5.92 Å². The molecule has 1 spiro atoms. The van der Waals surface area contributed by atoms with Gasteiger partial charge >= 0.3 is 6.03 Å². The Hall–Kier alpha value is -3.31. The molecule has 3 aliphatic rings. The highest BCUT2D eigenvalue weighted by atomic mass is 16.7. The minimum atomic E-state index is -0.532. The van der Waals surface area contributed by atoms with Crippen LogP contribution in [0.15, 0.2) is 72.8 Å². The Morgan fingerprint density at radius 1 is 0.911 bits per heavy atom. The van der Waals surface area contributed by atoms with Crippen LogP contribution in [0.3, 0.4) is 0 Å². The summed E-state index contributed by atoms with van der Waals surface area (Å²) in [6, 6.07) is 24.3. The molecule has 0 saturated carbocycles. The maximum absolute atomic E-state index is 12.0. The van der Waals surface area contributed by atoms with E-state index in [1.165, 1.54) is 0 Å². The summed E-state index contributed by atoms with van der Waals surface area (Å²) in [5.41, 5.74) is 6.07. The van der Waals surface area contributed by atoms with E-state index in [0.29, 0.717) is 26.3 Å². The first kappa shape index (κ1) is 31.7. The standard InChI is InChI=1S/C36H45N3O6/c1-3-37-35(41)38-22-30-6-4-5-7-31(30)27-12-14-29(15-13-27)34-44-32(23-39-18-16-36(17-19-39)42-20-21-43-36)25(2)33(45-34)28-10-8-26(24-40)9-11-28/h4-15,25,32-34,40H,3,16-24H2,1-2H3,(H2,37,38,41)/t25-,32+,33+,34+/m0/s1. The van der Waals surface area contributed by atoms with Crippen LogP contribution in [0.5, 0.6) is 0 Å². The number of amides is 2. The minimum absolute atomic E-state index is 0.0110. The summed E-state index contributed by atoms with van der Waals surface area (Å²) in [5, 5.41) is 15.3.